The molecule has 0 N–H and O–H groups in total. The van der Waals surface area contributed by atoms with Gasteiger partial charge < -0.3 is 0 Å². The van der Waals surface area contributed by atoms with Gasteiger partial charge in [0.2, 0.25) is 0 Å². The van der Waals surface area contributed by atoms with Crippen molar-refractivity contribution >= 4 is 7.28 Å². The van der Waals surface area contributed by atoms with Crippen LogP contribution in [0.25, 0.3) is 0 Å². The van der Waals surface area contributed by atoms with E-state index < -0.39 is 0 Å². The molecule has 4 aliphatic carbocycles. The van der Waals surface area contributed by atoms with Gasteiger partial charge in [0.05, 0.1) is 0 Å². The second-order valence-corrected chi connectivity index (χ2v) is 14.2. The highest BCUT2D eigenvalue weighted by molar-refractivity contribution is 6.39. The average Bonchev–Trinajstić information content (AvgIpc) is 3.32. The van der Waals surface area contributed by atoms with Crippen molar-refractivity contribution < 1.29 is 0 Å². The molecule has 1 radical (unpaired) electrons. The predicted molar refractivity (Wildman–Crippen MR) is 166 cm³/mol. The highest BCUT2D eigenvalue weighted by atomic mass is 14.5. The number of hydrogen-bond acceptors (Lipinski definition) is 0. The largest absolute Gasteiger partial charge is 0.117 e. The Bertz CT molecular complexity index is 631. The van der Waals surface area contributed by atoms with Gasteiger partial charge in [-0.15, -0.1) is 0 Å². The molecule has 0 aliphatic heterocycles. The summed E-state index contributed by atoms with van der Waals surface area (Å²) < 4.78 is 0. The molecule has 4 rings (SSSR count). The van der Waals surface area contributed by atoms with Crippen LogP contribution in [0.2, 0.25) is 11.6 Å². The average molecular weight is 508 g/mol. The summed E-state index contributed by atoms with van der Waals surface area (Å²) >= 11 is 0. The molecule has 2 bridgehead atoms. The highest BCUT2D eigenvalue weighted by Gasteiger charge is 2.43. The third kappa shape index (κ3) is 9.17. The van der Waals surface area contributed by atoms with Gasteiger partial charge in [-0.05, 0) is 81.0 Å². The van der Waals surface area contributed by atoms with Crippen molar-refractivity contribution in [2.75, 3.05) is 0 Å². The lowest BCUT2D eigenvalue weighted by Gasteiger charge is -2.38. The third-order valence-corrected chi connectivity index (χ3v) is 11.6. The predicted octanol–water partition coefficient (Wildman–Crippen LogP) is 12.1. The fourth-order valence-electron chi connectivity index (χ4n) is 9.84. The first-order chi connectivity index (χ1) is 18.3. The SMILES string of the molecule is CCCC([B]C1CCCCCCCCCC2CCCC(C3CCCC=C3CCC1)C1CCCC21)CCC. The standard InChI is InChI=1S/C36H64B/c1-3-17-31(18-4-2)37-32-23-11-9-7-5-6-8-10-19-29-22-15-27-35(36-28-16-26-34(29)36)33-25-13-12-20-30(33)21-14-24-32/h20,29,31-36H,3-19,21-28H2,1-2H3. The van der Waals surface area contributed by atoms with E-state index in [9.17, 15) is 0 Å². The van der Waals surface area contributed by atoms with Gasteiger partial charge >= 0.3 is 0 Å². The molecule has 0 saturated heterocycles. The topological polar surface area (TPSA) is 0 Å². The summed E-state index contributed by atoms with van der Waals surface area (Å²) in [6.45, 7) is 4.78. The Labute approximate surface area is 234 Å². The smallest absolute Gasteiger partial charge is 0.0850 e. The van der Waals surface area contributed by atoms with Crippen molar-refractivity contribution in [3.8, 4) is 0 Å². The van der Waals surface area contributed by atoms with Gasteiger partial charge in [-0.1, -0.05) is 146 Å². The second-order valence-electron chi connectivity index (χ2n) is 14.2. The molecular weight excluding hydrogens is 443 g/mol. The fourth-order valence-corrected chi connectivity index (χ4v) is 9.84. The molecule has 211 valence electrons. The van der Waals surface area contributed by atoms with E-state index in [4.69, 9.17) is 0 Å². The number of allylic oxidation sites excluding steroid dienone is 2. The first kappa shape index (κ1) is 29.8. The van der Waals surface area contributed by atoms with E-state index in [0.717, 1.165) is 41.2 Å². The minimum Gasteiger partial charge on any atom is -0.0850 e. The molecule has 0 heterocycles. The van der Waals surface area contributed by atoms with Crippen LogP contribution in [0.1, 0.15) is 174 Å². The van der Waals surface area contributed by atoms with Crippen molar-refractivity contribution in [1.82, 2.24) is 0 Å². The minimum atomic E-state index is 0.876. The monoisotopic (exact) mass is 508 g/mol. The van der Waals surface area contributed by atoms with Crippen LogP contribution in [0.5, 0.6) is 0 Å². The molecule has 1 heteroatoms. The lowest BCUT2D eigenvalue weighted by atomic mass is 9.50. The van der Waals surface area contributed by atoms with Crippen molar-refractivity contribution in [1.29, 1.82) is 0 Å². The van der Waals surface area contributed by atoms with Crippen LogP contribution in [-0.4, -0.2) is 7.28 Å². The summed E-state index contributed by atoms with van der Waals surface area (Å²) in [6.07, 6.45) is 39.9. The molecule has 0 nitrogen and oxygen atoms in total. The molecule has 0 aromatic carbocycles. The lowest BCUT2D eigenvalue weighted by Crippen LogP contribution is -2.29. The minimum absolute atomic E-state index is 0.876. The Hall–Kier alpha value is -0.195. The van der Waals surface area contributed by atoms with E-state index in [1.165, 1.54) is 116 Å². The zero-order chi connectivity index (χ0) is 25.7. The lowest BCUT2D eigenvalue weighted by molar-refractivity contribution is 0.157. The summed E-state index contributed by atoms with van der Waals surface area (Å²) in [5.74, 6) is 6.98. The van der Waals surface area contributed by atoms with Crippen LogP contribution in [0.4, 0.5) is 0 Å². The van der Waals surface area contributed by atoms with E-state index in [0.29, 0.717) is 0 Å². The summed E-state index contributed by atoms with van der Waals surface area (Å²) in [6, 6.07) is 0. The van der Waals surface area contributed by atoms with Gasteiger partial charge in [0.15, 0.2) is 0 Å². The van der Waals surface area contributed by atoms with Crippen molar-refractivity contribution in [2.24, 2.45) is 29.6 Å². The zero-order valence-corrected chi connectivity index (χ0v) is 25.4. The molecular formula is C36H64B. The molecule has 0 aromatic rings. The number of rotatable bonds is 6. The first-order valence-corrected chi connectivity index (χ1v) is 17.8. The van der Waals surface area contributed by atoms with E-state index in [1.807, 2.05) is 5.57 Å². The Morgan fingerprint density at radius 3 is 2.03 bits per heavy atom. The van der Waals surface area contributed by atoms with Crippen LogP contribution in [0.3, 0.4) is 0 Å². The molecule has 0 spiro atoms. The maximum absolute atomic E-state index is 2.87. The summed E-state index contributed by atoms with van der Waals surface area (Å²) in [7, 11) is 2.87. The van der Waals surface area contributed by atoms with Gasteiger partial charge in [-0.25, -0.2) is 0 Å². The Kier molecular flexibility index (Phi) is 13.5. The molecule has 6 atom stereocenters. The van der Waals surface area contributed by atoms with E-state index in [2.05, 4.69) is 27.2 Å². The van der Waals surface area contributed by atoms with Gasteiger partial charge in [0.1, 0.15) is 7.28 Å². The van der Waals surface area contributed by atoms with Crippen molar-refractivity contribution in [2.45, 2.75) is 186 Å². The first-order valence-electron chi connectivity index (χ1n) is 17.8. The van der Waals surface area contributed by atoms with Gasteiger partial charge in [0.25, 0.3) is 0 Å². The normalized spacial score (nSPS) is 34.9. The molecule has 4 aliphatic rings. The maximum atomic E-state index is 2.87. The molecule has 3 fully saturated rings. The van der Waals surface area contributed by atoms with E-state index in [-0.39, 0.29) is 0 Å². The molecule has 3 saturated carbocycles. The fraction of sp³-hybridized carbons (Fsp3) is 0.944. The number of hydrogen-bond donors (Lipinski definition) is 0. The van der Waals surface area contributed by atoms with Crippen LogP contribution < -0.4 is 0 Å². The van der Waals surface area contributed by atoms with E-state index in [1.54, 1.807) is 44.9 Å². The quantitative estimate of drug-likeness (QED) is 0.248. The van der Waals surface area contributed by atoms with Crippen LogP contribution in [0.15, 0.2) is 11.6 Å². The van der Waals surface area contributed by atoms with Gasteiger partial charge in [0, 0.05) is 0 Å². The van der Waals surface area contributed by atoms with Crippen molar-refractivity contribution in [3.63, 3.8) is 0 Å². The molecule has 0 aromatic heterocycles. The van der Waals surface area contributed by atoms with Crippen molar-refractivity contribution in [3.05, 3.63) is 11.6 Å². The molecule has 6 unspecified atom stereocenters. The Morgan fingerprint density at radius 1 is 0.622 bits per heavy atom. The molecule has 0 amide bonds. The van der Waals surface area contributed by atoms with Crippen LogP contribution in [0, 0.1) is 29.6 Å². The third-order valence-electron chi connectivity index (χ3n) is 11.6. The highest BCUT2D eigenvalue weighted by Crippen LogP contribution is 2.53. The summed E-state index contributed by atoms with van der Waals surface area (Å²) in [5.41, 5.74) is 1.94. The Morgan fingerprint density at radius 2 is 1.24 bits per heavy atom. The van der Waals surface area contributed by atoms with Crippen LogP contribution >= 0.6 is 0 Å². The van der Waals surface area contributed by atoms with E-state index >= 15 is 0 Å². The second kappa shape index (κ2) is 16.8. The van der Waals surface area contributed by atoms with Crippen LogP contribution in [-0.2, 0) is 0 Å². The van der Waals surface area contributed by atoms with Gasteiger partial charge in [-0.3, -0.25) is 0 Å². The summed E-state index contributed by atoms with van der Waals surface area (Å²) in [4.78, 5) is 0. The zero-order valence-electron chi connectivity index (χ0n) is 25.4. The summed E-state index contributed by atoms with van der Waals surface area (Å²) in [5, 5.41) is 0. The van der Waals surface area contributed by atoms with Gasteiger partial charge in [-0.2, -0.15) is 0 Å². The molecule has 37 heavy (non-hydrogen) atoms. The Balaban J connectivity index is 1.44. The maximum Gasteiger partial charge on any atom is 0.117 e. The number of fused-ring (bicyclic) bond motifs is 2.